The zero-order valence-corrected chi connectivity index (χ0v) is 12.2. The van der Waals surface area contributed by atoms with Gasteiger partial charge in [0.15, 0.2) is 0 Å². The third-order valence-electron chi connectivity index (χ3n) is 3.19. The summed E-state index contributed by atoms with van der Waals surface area (Å²) in [6.07, 6.45) is 2.36. The van der Waals surface area contributed by atoms with Gasteiger partial charge in [0, 0.05) is 24.5 Å². The molecule has 20 heavy (non-hydrogen) atoms. The molecule has 108 valence electrons. The molecule has 1 heterocycles. The summed E-state index contributed by atoms with van der Waals surface area (Å²) in [7, 11) is 0. The maximum absolute atomic E-state index is 12.0. The quantitative estimate of drug-likeness (QED) is 0.806. The number of benzene rings is 1. The molecule has 1 fully saturated rings. The highest BCUT2D eigenvalue weighted by molar-refractivity contribution is 7.99. The first kappa shape index (κ1) is 14.9. The highest BCUT2D eigenvalue weighted by Crippen LogP contribution is 2.09. The number of carbonyl (C=O) groups is 2. The lowest BCUT2D eigenvalue weighted by Crippen LogP contribution is -2.47. The van der Waals surface area contributed by atoms with Crippen molar-refractivity contribution in [3.05, 3.63) is 35.9 Å². The Hall–Kier alpha value is -1.49. The van der Waals surface area contributed by atoms with E-state index in [1.807, 2.05) is 18.2 Å². The molecule has 1 aromatic carbocycles. The second kappa shape index (κ2) is 7.94. The number of carbonyl (C=O) groups excluding carboxylic acids is 2. The van der Waals surface area contributed by atoms with Crippen LogP contribution in [0.4, 0.5) is 0 Å². The molecule has 0 aliphatic carbocycles. The van der Waals surface area contributed by atoms with E-state index in [2.05, 4.69) is 22.8 Å². The van der Waals surface area contributed by atoms with E-state index >= 15 is 0 Å². The third kappa shape index (κ3) is 4.89. The van der Waals surface area contributed by atoms with Crippen molar-refractivity contribution in [1.29, 1.82) is 0 Å². The smallest absolute Gasteiger partial charge is 0.243 e. The largest absolute Gasteiger partial charge is 0.354 e. The average molecular weight is 292 g/mol. The summed E-state index contributed by atoms with van der Waals surface area (Å²) >= 11 is 1.65. The SMILES string of the molecule is O=C1CCSC[C@@H](C(=O)NCCCc2ccccc2)N1. The molecule has 1 atom stereocenters. The Balaban J connectivity index is 1.68. The normalized spacial score (nSPS) is 19.0. The molecule has 5 heteroatoms. The van der Waals surface area contributed by atoms with E-state index in [4.69, 9.17) is 0 Å². The first-order valence-electron chi connectivity index (χ1n) is 6.94. The van der Waals surface area contributed by atoms with Crippen molar-refractivity contribution in [2.45, 2.75) is 25.3 Å². The van der Waals surface area contributed by atoms with Crippen LogP contribution in [0.15, 0.2) is 30.3 Å². The third-order valence-corrected chi connectivity index (χ3v) is 4.26. The summed E-state index contributed by atoms with van der Waals surface area (Å²) in [5.41, 5.74) is 1.28. The van der Waals surface area contributed by atoms with Crippen LogP contribution in [0, 0.1) is 0 Å². The number of nitrogens with one attached hydrogen (secondary N) is 2. The fraction of sp³-hybridized carbons (Fsp3) is 0.467. The molecule has 4 nitrogen and oxygen atoms in total. The minimum Gasteiger partial charge on any atom is -0.354 e. The number of thioether (sulfide) groups is 1. The molecule has 0 saturated carbocycles. The van der Waals surface area contributed by atoms with Gasteiger partial charge in [-0.15, -0.1) is 0 Å². The maximum Gasteiger partial charge on any atom is 0.243 e. The summed E-state index contributed by atoms with van der Waals surface area (Å²) in [6.45, 7) is 0.644. The van der Waals surface area contributed by atoms with Crippen molar-refractivity contribution in [2.24, 2.45) is 0 Å². The van der Waals surface area contributed by atoms with E-state index < -0.39 is 0 Å². The average Bonchev–Trinajstić information content (AvgIpc) is 2.69. The summed E-state index contributed by atoms with van der Waals surface area (Å²) < 4.78 is 0. The summed E-state index contributed by atoms with van der Waals surface area (Å²) in [5, 5.41) is 5.67. The highest BCUT2D eigenvalue weighted by atomic mass is 32.2. The van der Waals surface area contributed by atoms with E-state index in [1.54, 1.807) is 11.8 Å². The number of hydrogen-bond donors (Lipinski definition) is 2. The van der Waals surface area contributed by atoms with Crippen molar-refractivity contribution >= 4 is 23.6 Å². The lowest BCUT2D eigenvalue weighted by atomic mass is 10.1. The number of hydrogen-bond acceptors (Lipinski definition) is 3. The predicted molar refractivity (Wildman–Crippen MR) is 81.6 cm³/mol. The molecular formula is C15H20N2O2S. The van der Waals surface area contributed by atoms with Gasteiger partial charge in [-0.05, 0) is 18.4 Å². The van der Waals surface area contributed by atoms with Crippen LogP contribution in [0.1, 0.15) is 18.4 Å². The van der Waals surface area contributed by atoms with Gasteiger partial charge in [-0.3, -0.25) is 9.59 Å². The molecule has 0 unspecified atom stereocenters. The summed E-state index contributed by atoms with van der Waals surface area (Å²) in [5.74, 6) is 1.36. The van der Waals surface area contributed by atoms with Crippen LogP contribution in [0.2, 0.25) is 0 Å². The molecule has 0 bridgehead atoms. The van der Waals surface area contributed by atoms with Gasteiger partial charge in [0.25, 0.3) is 0 Å². The monoisotopic (exact) mass is 292 g/mol. The molecule has 1 aromatic rings. The lowest BCUT2D eigenvalue weighted by Gasteiger charge is -2.15. The Labute approximate surface area is 123 Å². The minimum atomic E-state index is -0.383. The van der Waals surface area contributed by atoms with Gasteiger partial charge >= 0.3 is 0 Å². The van der Waals surface area contributed by atoms with Crippen LogP contribution >= 0.6 is 11.8 Å². The summed E-state index contributed by atoms with van der Waals surface area (Å²) in [6, 6.07) is 9.83. The Morgan fingerprint density at radius 1 is 1.35 bits per heavy atom. The van der Waals surface area contributed by atoms with Gasteiger partial charge in [0.2, 0.25) is 11.8 Å². The van der Waals surface area contributed by atoms with Gasteiger partial charge in [0.05, 0.1) is 0 Å². The number of aryl methyl sites for hydroxylation is 1. The van der Waals surface area contributed by atoms with E-state index in [-0.39, 0.29) is 17.9 Å². The minimum absolute atomic E-state index is 0.0283. The molecule has 0 radical (unpaired) electrons. The topological polar surface area (TPSA) is 58.2 Å². The second-order valence-electron chi connectivity index (χ2n) is 4.83. The molecule has 2 rings (SSSR count). The van der Waals surface area contributed by atoms with Crippen molar-refractivity contribution in [2.75, 3.05) is 18.1 Å². The first-order chi connectivity index (χ1) is 9.75. The Kier molecular flexibility index (Phi) is 5.92. The number of amides is 2. The molecular weight excluding hydrogens is 272 g/mol. The fourth-order valence-corrected chi connectivity index (χ4v) is 3.05. The van der Waals surface area contributed by atoms with E-state index in [0.717, 1.165) is 18.6 Å². The van der Waals surface area contributed by atoms with Crippen LogP contribution in [0.25, 0.3) is 0 Å². The van der Waals surface area contributed by atoms with Crippen LogP contribution in [0.5, 0.6) is 0 Å². The Morgan fingerprint density at radius 3 is 2.95 bits per heavy atom. The predicted octanol–water partition coefficient (Wildman–Crippen LogP) is 1.36. The molecule has 1 saturated heterocycles. The van der Waals surface area contributed by atoms with Crippen molar-refractivity contribution in [3.63, 3.8) is 0 Å². The van der Waals surface area contributed by atoms with Gasteiger partial charge in [0.1, 0.15) is 6.04 Å². The Bertz CT molecular complexity index is 450. The molecule has 2 amide bonds. The van der Waals surface area contributed by atoms with Gasteiger partial charge in [-0.1, -0.05) is 30.3 Å². The molecule has 2 N–H and O–H groups in total. The van der Waals surface area contributed by atoms with E-state index in [1.165, 1.54) is 5.56 Å². The van der Waals surface area contributed by atoms with E-state index in [9.17, 15) is 9.59 Å². The lowest BCUT2D eigenvalue weighted by molar-refractivity contribution is -0.128. The van der Waals surface area contributed by atoms with Crippen LogP contribution in [-0.4, -0.2) is 35.9 Å². The molecule has 1 aliphatic heterocycles. The van der Waals surface area contributed by atoms with Crippen molar-refractivity contribution < 1.29 is 9.59 Å². The molecule has 0 aromatic heterocycles. The first-order valence-corrected chi connectivity index (χ1v) is 8.10. The number of rotatable bonds is 5. The second-order valence-corrected chi connectivity index (χ2v) is 5.98. The van der Waals surface area contributed by atoms with Crippen LogP contribution in [0.3, 0.4) is 0 Å². The van der Waals surface area contributed by atoms with Gasteiger partial charge < -0.3 is 10.6 Å². The van der Waals surface area contributed by atoms with Crippen molar-refractivity contribution in [3.8, 4) is 0 Å². The Morgan fingerprint density at radius 2 is 2.15 bits per heavy atom. The van der Waals surface area contributed by atoms with Crippen LogP contribution in [-0.2, 0) is 16.0 Å². The van der Waals surface area contributed by atoms with Crippen LogP contribution < -0.4 is 10.6 Å². The zero-order valence-electron chi connectivity index (χ0n) is 11.4. The zero-order chi connectivity index (χ0) is 14.2. The molecule has 1 aliphatic rings. The summed E-state index contributed by atoms with van der Waals surface area (Å²) in [4.78, 5) is 23.4. The van der Waals surface area contributed by atoms with Crippen molar-refractivity contribution in [1.82, 2.24) is 10.6 Å². The van der Waals surface area contributed by atoms with Gasteiger partial charge in [-0.25, -0.2) is 0 Å². The maximum atomic E-state index is 12.0. The van der Waals surface area contributed by atoms with E-state index in [0.29, 0.717) is 18.7 Å². The fourth-order valence-electron chi connectivity index (χ4n) is 2.09. The molecule has 0 spiro atoms. The standard InChI is InChI=1S/C15H20N2O2S/c18-14-8-10-20-11-13(17-14)15(19)16-9-4-7-12-5-2-1-3-6-12/h1-3,5-6,13H,4,7-11H2,(H,16,19)(H,17,18)/t13-/m0/s1. The van der Waals surface area contributed by atoms with Gasteiger partial charge in [-0.2, -0.15) is 11.8 Å². The highest BCUT2D eigenvalue weighted by Gasteiger charge is 2.22.